The minimum absolute atomic E-state index is 0.0181. The number of nitrogens with zero attached hydrogens (tertiary/aromatic N) is 2. The highest BCUT2D eigenvalue weighted by atomic mass is 79.9. The van der Waals surface area contributed by atoms with Crippen molar-refractivity contribution in [3.8, 4) is 11.6 Å². The van der Waals surface area contributed by atoms with E-state index in [4.69, 9.17) is 0 Å². The van der Waals surface area contributed by atoms with Crippen LogP contribution in [0.3, 0.4) is 0 Å². The number of halogens is 2. The largest absolute Gasteiger partial charge is 0.492 e. The summed E-state index contributed by atoms with van der Waals surface area (Å²) in [5.74, 6) is -0.865. The van der Waals surface area contributed by atoms with Crippen molar-refractivity contribution in [1.29, 1.82) is 0 Å². The molecule has 0 saturated heterocycles. The molecule has 0 aliphatic carbocycles. The van der Waals surface area contributed by atoms with E-state index in [9.17, 15) is 14.3 Å². The number of rotatable bonds is 3. The van der Waals surface area contributed by atoms with Gasteiger partial charge in [0, 0.05) is 16.4 Å². The number of aromatic nitrogens is 2. The molecule has 23 heavy (non-hydrogen) atoms. The molecule has 4 nitrogen and oxygen atoms in total. The molecule has 0 spiro atoms. The van der Waals surface area contributed by atoms with E-state index >= 15 is 0 Å². The van der Waals surface area contributed by atoms with Gasteiger partial charge < -0.3 is 5.11 Å². The Morgan fingerprint density at radius 2 is 1.78 bits per heavy atom. The van der Waals surface area contributed by atoms with E-state index in [1.165, 1.54) is 34.5 Å². The van der Waals surface area contributed by atoms with Crippen LogP contribution in [0.4, 0.5) is 4.39 Å². The van der Waals surface area contributed by atoms with Gasteiger partial charge in [-0.15, -0.1) is 0 Å². The molecule has 0 amide bonds. The lowest BCUT2D eigenvalue weighted by molar-refractivity contribution is 0.424. The molecule has 0 bridgehead atoms. The summed E-state index contributed by atoms with van der Waals surface area (Å²) < 4.78 is 17.1. The molecule has 0 atom stereocenters. The van der Waals surface area contributed by atoms with Gasteiger partial charge in [0.1, 0.15) is 10.8 Å². The second-order valence-corrected chi connectivity index (χ2v) is 6.67. The molecule has 7 heteroatoms. The Bertz CT molecular complexity index is 936. The van der Waals surface area contributed by atoms with Crippen molar-refractivity contribution in [2.75, 3.05) is 0 Å². The van der Waals surface area contributed by atoms with Gasteiger partial charge in [-0.2, -0.15) is 0 Å². The first-order valence-electron chi connectivity index (χ1n) is 6.68. The first-order valence-corrected chi connectivity index (χ1v) is 8.29. The van der Waals surface area contributed by atoms with Gasteiger partial charge >= 0.3 is 5.69 Å². The Hall–Kier alpha value is -1.99. The lowest BCUT2D eigenvalue weighted by Gasteiger charge is -2.06. The molecule has 0 unspecified atom stereocenters. The SMILES string of the molecule is Cn1c(Sc2ccccc2Br)c(O)n(-c2ccccc2F)c1=O. The number of imidazole rings is 1. The zero-order chi connectivity index (χ0) is 16.6. The van der Waals surface area contributed by atoms with Crippen LogP contribution in [0.5, 0.6) is 5.88 Å². The van der Waals surface area contributed by atoms with Gasteiger partial charge in [-0.3, -0.25) is 4.57 Å². The van der Waals surface area contributed by atoms with Crippen LogP contribution in [-0.4, -0.2) is 14.2 Å². The summed E-state index contributed by atoms with van der Waals surface area (Å²) in [5, 5.41) is 10.8. The maximum atomic E-state index is 14.0. The topological polar surface area (TPSA) is 47.2 Å². The van der Waals surface area contributed by atoms with Crippen molar-refractivity contribution >= 4 is 27.7 Å². The third-order valence-electron chi connectivity index (χ3n) is 3.32. The maximum absolute atomic E-state index is 14.0. The number of aromatic hydroxyl groups is 1. The number of hydrogen-bond donors (Lipinski definition) is 1. The molecule has 1 N–H and O–H groups in total. The summed E-state index contributed by atoms with van der Waals surface area (Å²) in [4.78, 5) is 13.2. The molecule has 0 aliphatic heterocycles. The molecule has 118 valence electrons. The lowest BCUT2D eigenvalue weighted by atomic mass is 10.3. The molecule has 3 aromatic rings. The fraction of sp³-hybridized carbons (Fsp3) is 0.0625. The van der Waals surface area contributed by atoms with Crippen molar-refractivity contribution < 1.29 is 9.50 Å². The van der Waals surface area contributed by atoms with Crippen LogP contribution in [0, 0.1) is 5.82 Å². The summed E-state index contributed by atoms with van der Waals surface area (Å²) in [6.07, 6.45) is 0. The maximum Gasteiger partial charge on any atom is 0.336 e. The quantitative estimate of drug-likeness (QED) is 0.731. The Labute approximate surface area is 144 Å². The molecular formula is C16H12BrFN2O2S. The van der Waals surface area contributed by atoms with Crippen LogP contribution in [0.1, 0.15) is 0 Å². The van der Waals surface area contributed by atoms with Crippen molar-refractivity contribution in [1.82, 2.24) is 9.13 Å². The lowest BCUT2D eigenvalue weighted by Crippen LogP contribution is -2.21. The van der Waals surface area contributed by atoms with Crippen LogP contribution in [0.2, 0.25) is 0 Å². The summed E-state index contributed by atoms with van der Waals surface area (Å²) in [6.45, 7) is 0. The standard InChI is InChI=1S/C16H12BrFN2O2S/c1-19-15(23-13-9-5-2-6-10(13)17)14(21)20(16(19)22)12-8-4-3-7-11(12)18/h2-9,21H,1H3. The van der Waals surface area contributed by atoms with Crippen LogP contribution in [0.25, 0.3) is 5.69 Å². The summed E-state index contributed by atoms with van der Waals surface area (Å²) in [7, 11) is 1.54. The zero-order valence-electron chi connectivity index (χ0n) is 12.0. The van der Waals surface area contributed by atoms with Gasteiger partial charge in [0.2, 0.25) is 5.88 Å². The Kier molecular flexibility index (Phi) is 4.32. The van der Waals surface area contributed by atoms with Crippen molar-refractivity contribution in [2.45, 2.75) is 9.92 Å². The first-order chi connectivity index (χ1) is 11.0. The van der Waals surface area contributed by atoms with E-state index in [0.29, 0.717) is 5.03 Å². The van der Waals surface area contributed by atoms with Gasteiger partial charge in [0.25, 0.3) is 0 Å². The molecule has 1 aromatic heterocycles. The third kappa shape index (κ3) is 2.82. The zero-order valence-corrected chi connectivity index (χ0v) is 14.4. The molecule has 0 saturated carbocycles. The van der Waals surface area contributed by atoms with Crippen LogP contribution < -0.4 is 5.69 Å². The molecule has 0 fully saturated rings. The van der Waals surface area contributed by atoms with E-state index in [0.717, 1.165) is 13.9 Å². The highest BCUT2D eigenvalue weighted by Gasteiger charge is 2.21. The van der Waals surface area contributed by atoms with Crippen molar-refractivity contribution in [3.05, 3.63) is 69.3 Å². The van der Waals surface area contributed by atoms with Gasteiger partial charge in [-0.05, 0) is 40.2 Å². The minimum atomic E-state index is -0.576. The number of benzene rings is 2. The number of para-hydroxylation sites is 1. The highest BCUT2D eigenvalue weighted by Crippen LogP contribution is 2.38. The fourth-order valence-electron chi connectivity index (χ4n) is 2.17. The predicted octanol–water partition coefficient (Wildman–Crippen LogP) is 3.93. The number of hydrogen-bond acceptors (Lipinski definition) is 3. The van der Waals surface area contributed by atoms with Crippen LogP contribution in [0.15, 0.2) is 67.7 Å². The predicted molar refractivity (Wildman–Crippen MR) is 90.9 cm³/mol. The Balaban J connectivity index is 2.15. The molecule has 0 radical (unpaired) electrons. The Morgan fingerprint density at radius 1 is 1.13 bits per heavy atom. The monoisotopic (exact) mass is 394 g/mol. The second kappa shape index (κ2) is 6.25. The van der Waals surface area contributed by atoms with Gasteiger partial charge in [0.15, 0.2) is 0 Å². The summed E-state index contributed by atoms with van der Waals surface area (Å²) in [6, 6.07) is 13.3. The Morgan fingerprint density at radius 3 is 2.48 bits per heavy atom. The summed E-state index contributed by atoms with van der Waals surface area (Å²) in [5.41, 5.74) is -0.494. The fourth-order valence-corrected chi connectivity index (χ4v) is 3.61. The van der Waals surface area contributed by atoms with E-state index in [2.05, 4.69) is 15.9 Å². The molecule has 1 heterocycles. The van der Waals surface area contributed by atoms with E-state index in [1.54, 1.807) is 13.1 Å². The second-order valence-electron chi connectivity index (χ2n) is 4.79. The van der Waals surface area contributed by atoms with Crippen molar-refractivity contribution in [3.63, 3.8) is 0 Å². The highest BCUT2D eigenvalue weighted by molar-refractivity contribution is 9.10. The van der Waals surface area contributed by atoms with Gasteiger partial charge in [-0.25, -0.2) is 13.8 Å². The van der Waals surface area contributed by atoms with E-state index in [-0.39, 0.29) is 11.6 Å². The first kappa shape index (κ1) is 15.9. The average Bonchev–Trinajstić information content (AvgIpc) is 2.74. The molecular weight excluding hydrogens is 383 g/mol. The average molecular weight is 395 g/mol. The van der Waals surface area contributed by atoms with Crippen molar-refractivity contribution in [2.24, 2.45) is 7.05 Å². The van der Waals surface area contributed by atoms with Crippen LogP contribution in [-0.2, 0) is 7.05 Å². The third-order valence-corrected chi connectivity index (χ3v) is 5.50. The van der Waals surface area contributed by atoms with Crippen LogP contribution >= 0.6 is 27.7 Å². The van der Waals surface area contributed by atoms with Gasteiger partial charge in [0.05, 0.1) is 5.69 Å². The summed E-state index contributed by atoms with van der Waals surface area (Å²) >= 11 is 4.65. The molecule has 0 aliphatic rings. The van der Waals surface area contributed by atoms with E-state index in [1.807, 2.05) is 24.3 Å². The molecule has 2 aromatic carbocycles. The van der Waals surface area contributed by atoms with Gasteiger partial charge in [-0.1, -0.05) is 36.0 Å². The smallest absolute Gasteiger partial charge is 0.336 e. The normalized spacial score (nSPS) is 10.9. The molecule has 3 rings (SSSR count). The van der Waals surface area contributed by atoms with E-state index < -0.39 is 11.5 Å². The minimum Gasteiger partial charge on any atom is -0.492 e.